The number of rotatable bonds is 7. The summed E-state index contributed by atoms with van der Waals surface area (Å²) in [4.78, 5) is 0. The van der Waals surface area contributed by atoms with Crippen LogP contribution in [0.15, 0.2) is 24.3 Å². The zero-order valence-electron chi connectivity index (χ0n) is 11.7. The first-order valence-electron chi connectivity index (χ1n) is 6.99. The average Bonchev–Trinajstić information content (AvgIpc) is 2.42. The minimum atomic E-state index is 0.886. The molecule has 0 heterocycles. The Morgan fingerprint density at radius 3 is 2.28 bits per heavy atom. The molecule has 0 N–H and O–H groups in total. The second-order valence-corrected chi connectivity index (χ2v) is 4.55. The molecule has 0 amide bonds. The Morgan fingerprint density at radius 2 is 1.61 bits per heavy atom. The lowest BCUT2D eigenvalue weighted by Gasteiger charge is -1.98. The first-order valence-corrected chi connectivity index (χ1v) is 6.99. The van der Waals surface area contributed by atoms with Crippen LogP contribution in [0.25, 0.3) is 0 Å². The Labute approximate surface area is 112 Å². The standard InChI is InChI=1S/C17H24O/c1-3-4-5-6-7-8-9-10-11-16-12-14-17(18-2)15-13-16/h12-15H,3-9H2,1-2H3. The van der Waals surface area contributed by atoms with Crippen LogP contribution in [0.3, 0.4) is 0 Å². The maximum absolute atomic E-state index is 5.11. The van der Waals surface area contributed by atoms with Crippen molar-refractivity contribution in [2.45, 2.75) is 51.9 Å². The molecule has 0 spiro atoms. The van der Waals surface area contributed by atoms with Gasteiger partial charge in [-0.25, -0.2) is 0 Å². The first kappa shape index (κ1) is 14.6. The predicted molar refractivity (Wildman–Crippen MR) is 77.9 cm³/mol. The van der Waals surface area contributed by atoms with Crippen LogP contribution < -0.4 is 4.74 Å². The van der Waals surface area contributed by atoms with E-state index in [0.717, 1.165) is 17.7 Å². The lowest BCUT2D eigenvalue weighted by atomic mass is 10.1. The molecule has 1 aromatic carbocycles. The largest absolute Gasteiger partial charge is 0.497 e. The summed E-state index contributed by atoms with van der Waals surface area (Å²) in [5.74, 6) is 7.32. The molecule has 1 heteroatoms. The number of ether oxygens (including phenoxy) is 1. The molecule has 1 rings (SSSR count). The summed E-state index contributed by atoms with van der Waals surface area (Å²) >= 11 is 0. The molecule has 1 nitrogen and oxygen atoms in total. The molecule has 0 aromatic heterocycles. The van der Waals surface area contributed by atoms with Crippen LogP contribution in [-0.2, 0) is 0 Å². The molecule has 0 aliphatic heterocycles. The Balaban J connectivity index is 2.16. The van der Waals surface area contributed by atoms with E-state index < -0.39 is 0 Å². The van der Waals surface area contributed by atoms with Gasteiger partial charge >= 0.3 is 0 Å². The molecule has 0 aliphatic carbocycles. The van der Waals surface area contributed by atoms with Crippen molar-refractivity contribution in [3.63, 3.8) is 0 Å². The maximum Gasteiger partial charge on any atom is 0.118 e. The van der Waals surface area contributed by atoms with Gasteiger partial charge in [-0.05, 0) is 30.7 Å². The zero-order valence-corrected chi connectivity index (χ0v) is 11.7. The Morgan fingerprint density at radius 1 is 0.944 bits per heavy atom. The third-order valence-corrected chi connectivity index (χ3v) is 2.98. The summed E-state index contributed by atoms with van der Waals surface area (Å²) < 4.78 is 5.11. The molecule has 0 atom stereocenters. The monoisotopic (exact) mass is 244 g/mol. The normalized spacial score (nSPS) is 9.67. The van der Waals surface area contributed by atoms with Gasteiger partial charge in [0.15, 0.2) is 0 Å². The van der Waals surface area contributed by atoms with Gasteiger partial charge in [0.1, 0.15) is 5.75 Å². The summed E-state index contributed by atoms with van der Waals surface area (Å²) in [7, 11) is 1.68. The van der Waals surface area contributed by atoms with E-state index in [1.165, 1.54) is 38.5 Å². The van der Waals surface area contributed by atoms with E-state index in [1.54, 1.807) is 7.11 Å². The van der Waals surface area contributed by atoms with Crippen molar-refractivity contribution in [3.05, 3.63) is 29.8 Å². The van der Waals surface area contributed by atoms with Crippen molar-refractivity contribution in [2.75, 3.05) is 7.11 Å². The van der Waals surface area contributed by atoms with Crippen molar-refractivity contribution in [1.29, 1.82) is 0 Å². The van der Waals surface area contributed by atoms with E-state index in [0.29, 0.717) is 0 Å². The lowest BCUT2D eigenvalue weighted by molar-refractivity contribution is 0.415. The van der Waals surface area contributed by atoms with E-state index in [9.17, 15) is 0 Å². The second-order valence-electron chi connectivity index (χ2n) is 4.55. The van der Waals surface area contributed by atoms with Gasteiger partial charge in [0, 0.05) is 12.0 Å². The molecule has 0 unspecified atom stereocenters. The van der Waals surface area contributed by atoms with Crippen molar-refractivity contribution in [2.24, 2.45) is 0 Å². The molecular weight excluding hydrogens is 220 g/mol. The van der Waals surface area contributed by atoms with Crippen LogP contribution in [0.5, 0.6) is 5.75 Å². The topological polar surface area (TPSA) is 9.23 Å². The predicted octanol–water partition coefficient (Wildman–Crippen LogP) is 4.80. The van der Waals surface area contributed by atoms with Crippen molar-refractivity contribution in [1.82, 2.24) is 0 Å². The Bertz CT molecular complexity index is 367. The van der Waals surface area contributed by atoms with Crippen LogP contribution in [0, 0.1) is 11.8 Å². The Kier molecular flexibility index (Phi) is 7.80. The van der Waals surface area contributed by atoms with Gasteiger partial charge in [-0.2, -0.15) is 0 Å². The highest BCUT2D eigenvalue weighted by atomic mass is 16.5. The Hall–Kier alpha value is -1.42. The third kappa shape index (κ3) is 6.35. The van der Waals surface area contributed by atoms with Crippen LogP contribution in [0.4, 0.5) is 0 Å². The zero-order chi connectivity index (χ0) is 13.1. The molecule has 98 valence electrons. The van der Waals surface area contributed by atoms with Gasteiger partial charge in [-0.15, -0.1) is 0 Å². The summed E-state index contributed by atoms with van der Waals surface area (Å²) in [5, 5.41) is 0. The van der Waals surface area contributed by atoms with Gasteiger partial charge in [0.25, 0.3) is 0 Å². The van der Waals surface area contributed by atoms with Crippen molar-refractivity contribution < 1.29 is 4.74 Å². The molecule has 0 aliphatic rings. The fraction of sp³-hybridized carbons (Fsp3) is 0.529. The van der Waals surface area contributed by atoms with Gasteiger partial charge in [-0.1, -0.05) is 50.9 Å². The third-order valence-electron chi connectivity index (χ3n) is 2.98. The molecule has 1 aromatic rings. The molecule has 0 bridgehead atoms. The molecule has 18 heavy (non-hydrogen) atoms. The highest BCUT2D eigenvalue weighted by Crippen LogP contribution is 2.10. The minimum Gasteiger partial charge on any atom is -0.497 e. The molecule has 0 fully saturated rings. The summed E-state index contributed by atoms with van der Waals surface area (Å²) in [6.45, 7) is 2.25. The first-order chi connectivity index (χ1) is 8.86. The number of hydrogen-bond acceptors (Lipinski definition) is 1. The van der Waals surface area contributed by atoms with Gasteiger partial charge in [0.05, 0.1) is 7.11 Å². The van der Waals surface area contributed by atoms with Crippen LogP contribution in [0.1, 0.15) is 57.4 Å². The van der Waals surface area contributed by atoms with E-state index in [2.05, 4.69) is 18.8 Å². The maximum atomic E-state index is 5.11. The fourth-order valence-electron chi connectivity index (χ4n) is 1.83. The van der Waals surface area contributed by atoms with Crippen molar-refractivity contribution in [3.8, 4) is 17.6 Å². The van der Waals surface area contributed by atoms with E-state index in [1.807, 2.05) is 24.3 Å². The highest BCUT2D eigenvalue weighted by molar-refractivity contribution is 5.38. The van der Waals surface area contributed by atoms with Gasteiger partial charge < -0.3 is 4.74 Å². The van der Waals surface area contributed by atoms with E-state index >= 15 is 0 Å². The second kappa shape index (κ2) is 9.59. The van der Waals surface area contributed by atoms with Crippen LogP contribution in [0.2, 0.25) is 0 Å². The van der Waals surface area contributed by atoms with E-state index in [-0.39, 0.29) is 0 Å². The molecule has 0 saturated heterocycles. The average molecular weight is 244 g/mol. The van der Waals surface area contributed by atoms with E-state index in [4.69, 9.17) is 4.74 Å². The van der Waals surface area contributed by atoms with Crippen LogP contribution in [-0.4, -0.2) is 7.11 Å². The smallest absolute Gasteiger partial charge is 0.118 e. The van der Waals surface area contributed by atoms with Gasteiger partial charge in [0.2, 0.25) is 0 Å². The molecule has 0 saturated carbocycles. The highest BCUT2D eigenvalue weighted by Gasteiger charge is 1.90. The lowest BCUT2D eigenvalue weighted by Crippen LogP contribution is -1.82. The molecular formula is C17H24O. The number of benzene rings is 1. The summed E-state index contributed by atoms with van der Waals surface area (Å²) in [6.07, 6.45) is 8.98. The SMILES string of the molecule is CCCCCCCCC#Cc1ccc(OC)cc1. The van der Waals surface area contributed by atoms with Crippen LogP contribution >= 0.6 is 0 Å². The molecule has 0 radical (unpaired) electrons. The summed E-state index contributed by atoms with van der Waals surface area (Å²) in [6, 6.07) is 7.92. The number of unbranched alkanes of at least 4 members (excludes halogenated alkanes) is 6. The number of methoxy groups -OCH3 is 1. The quantitative estimate of drug-likeness (QED) is 0.494. The number of hydrogen-bond donors (Lipinski definition) is 0. The fourth-order valence-corrected chi connectivity index (χ4v) is 1.83. The summed E-state index contributed by atoms with van der Waals surface area (Å²) in [5.41, 5.74) is 1.07. The minimum absolute atomic E-state index is 0.886. The van der Waals surface area contributed by atoms with Gasteiger partial charge in [-0.3, -0.25) is 0 Å². The van der Waals surface area contributed by atoms with Crippen molar-refractivity contribution >= 4 is 0 Å².